The van der Waals surface area contributed by atoms with E-state index in [2.05, 4.69) is 15.3 Å². The lowest BCUT2D eigenvalue weighted by Gasteiger charge is -2.13. The molecule has 0 aliphatic rings. The maximum Gasteiger partial charge on any atom is 0.355 e. The first-order valence-electron chi connectivity index (χ1n) is 7.98. The van der Waals surface area contributed by atoms with Crippen molar-refractivity contribution in [1.82, 2.24) is 15.3 Å². The number of aryl methyl sites for hydroxylation is 1. The van der Waals surface area contributed by atoms with E-state index >= 15 is 0 Å². The van der Waals surface area contributed by atoms with Crippen LogP contribution in [0.15, 0.2) is 24.5 Å². The molecule has 0 saturated carbocycles. The summed E-state index contributed by atoms with van der Waals surface area (Å²) in [4.78, 5) is 31.7. The number of hydrogen-bond acceptors (Lipinski definition) is 5. The van der Waals surface area contributed by atoms with Gasteiger partial charge in [0.25, 0.3) is 0 Å². The van der Waals surface area contributed by atoms with E-state index in [0.717, 1.165) is 5.56 Å². The first-order chi connectivity index (χ1) is 11.5. The number of aromatic amines is 1. The molecule has 128 valence electrons. The van der Waals surface area contributed by atoms with E-state index in [1.807, 2.05) is 19.1 Å². The molecule has 2 aromatic rings. The van der Waals surface area contributed by atoms with Crippen LogP contribution < -0.4 is 5.32 Å². The van der Waals surface area contributed by atoms with Crippen molar-refractivity contribution in [2.45, 2.75) is 40.3 Å². The number of carbonyl (C=O) groups is 2. The fraction of sp³-hybridized carbons (Fsp3) is 0.389. The molecule has 0 radical (unpaired) electrons. The number of pyridine rings is 1. The lowest BCUT2D eigenvalue weighted by atomic mass is 10.0. The van der Waals surface area contributed by atoms with Gasteiger partial charge in [-0.2, -0.15) is 0 Å². The van der Waals surface area contributed by atoms with E-state index in [1.54, 1.807) is 33.2 Å². The SMILES string of the molecule is CCOC(=O)c1[nH]c(C)c(C(=O)C(C)NCc2cccnc2)c1C. The van der Waals surface area contributed by atoms with Gasteiger partial charge in [-0.3, -0.25) is 9.78 Å². The van der Waals surface area contributed by atoms with E-state index in [9.17, 15) is 9.59 Å². The molecule has 0 aliphatic heterocycles. The zero-order valence-corrected chi connectivity index (χ0v) is 14.5. The number of ketones is 1. The quantitative estimate of drug-likeness (QED) is 0.602. The van der Waals surface area contributed by atoms with E-state index < -0.39 is 5.97 Å². The Morgan fingerprint density at radius 3 is 2.75 bits per heavy atom. The maximum absolute atomic E-state index is 12.8. The minimum atomic E-state index is -0.437. The third-order valence-corrected chi connectivity index (χ3v) is 3.89. The van der Waals surface area contributed by atoms with Crippen LogP contribution in [-0.4, -0.2) is 34.4 Å². The van der Waals surface area contributed by atoms with Crippen LogP contribution in [0.1, 0.15) is 51.5 Å². The number of aromatic nitrogens is 2. The van der Waals surface area contributed by atoms with Gasteiger partial charge in [0, 0.05) is 30.2 Å². The van der Waals surface area contributed by atoms with Crippen molar-refractivity contribution in [3.8, 4) is 0 Å². The van der Waals surface area contributed by atoms with Crippen LogP contribution in [0.5, 0.6) is 0 Å². The lowest BCUT2D eigenvalue weighted by Crippen LogP contribution is -2.34. The standard InChI is InChI=1S/C18H23N3O3/c1-5-24-18(23)16-11(2)15(12(3)21-16)17(22)13(4)20-10-14-7-6-8-19-9-14/h6-9,13,20-21H,5,10H2,1-4H3. The second-order valence-electron chi connectivity index (χ2n) is 5.67. The van der Waals surface area contributed by atoms with Crippen molar-refractivity contribution in [3.63, 3.8) is 0 Å². The number of rotatable bonds is 7. The van der Waals surface area contributed by atoms with Gasteiger partial charge in [-0.05, 0) is 44.9 Å². The summed E-state index contributed by atoms with van der Waals surface area (Å²) in [6.45, 7) is 7.96. The van der Waals surface area contributed by atoms with Crippen LogP contribution in [0, 0.1) is 13.8 Å². The largest absolute Gasteiger partial charge is 0.461 e. The number of ether oxygens (including phenoxy) is 1. The number of nitrogens with one attached hydrogen (secondary N) is 2. The van der Waals surface area contributed by atoms with Crippen LogP contribution in [0.4, 0.5) is 0 Å². The molecule has 0 bridgehead atoms. The van der Waals surface area contributed by atoms with Gasteiger partial charge in [0.05, 0.1) is 12.6 Å². The minimum absolute atomic E-state index is 0.0549. The maximum atomic E-state index is 12.8. The number of H-pyrrole nitrogens is 1. The molecule has 2 rings (SSSR count). The predicted octanol–water partition coefficient (Wildman–Crippen LogP) is 2.56. The first-order valence-corrected chi connectivity index (χ1v) is 7.98. The Labute approximate surface area is 141 Å². The predicted molar refractivity (Wildman–Crippen MR) is 91.1 cm³/mol. The van der Waals surface area contributed by atoms with Crippen LogP contribution in [0.2, 0.25) is 0 Å². The van der Waals surface area contributed by atoms with Crippen LogP contribution >= 0.6 is 0 Å². The molecule has 1 atom stereocenters. The Hall–Kier alpha value is -2.47. The van der Waals surface area contributed by atoms with Crippen LogP contribution in [0.25, 0.3) is 0 Å². The van der Waals surface area contributed by atoms with Gasteiger partial charge < -0.3 is 15.0 Å². The lowest BCUT2D eigenvalue weighted by molar-refractivity contribution is 0.0519. The number of carbonyl (C=O) groups excluding carboxylic acids is 2. The highest BCUT2D eigenvalue weighted by Crippen LogP contribution is 2.20. The zero-order valence-electron chi connectivity index (χ0n) is 14.5. The van der Waals surface area contributed by atoms with Crippen molar-refractivity contribution in [2.24, 2.45) is 0 Å². The van der Waals surface area contributed by atoms with Crippen molar-refractivity contribution in [2.75, 3.05) is 6.61 Å². The Morgan fingerprint density at radius 1 is 1.38 bits per heavy atom. The second kappa shape index (κ2) is 7.88. The molecule has 2 N–H and O–H groups in total. The fourth-order valence-electron chi connectivity index (χ4n) is 2.61. The third kappa shape index (κ3) is 3.89. The molecule has 0 fully saturated rings. The number of Topliss-reactive ketones (excluding diaryl/α,β-unsaturated/α-hetero) is 1. The minimum Gasteiger partial charge on any atom is -0.461 e. The van der Waals surface area contributed by atoms with Gasteiger partial charge in [0.15, 0.2) is 5.78 Å². The molecule has 0 amide bonds. The summed E-state index contributed by atoms with van der Waals surface area (Å²) in [5.74, 6) is -0.492. The van der Waals surface area contributed by atoms with Gasteiger partial charge in [-0.1, -0.05) is 6.07 Å². The topological polar surface area (TPSA) is 84.1 Å². The van der Waals surface area contributed by atoms with E-state index in [4.69, 9.17) is 4.74 Å². The summed E-state index contributed by atoms with van der Waals surface area (Å²) in [7, 11) is 0. The van der Waals surface area contributed by atoms with Crippen molar-refractivity contribution in [3.05, 3.63) is 52.6 Å². The van der Waals surface area contributed by atoms with Gasteiger partial charge >= 0.3 is 5.97 Å². The van der Waals surface area contributed by atoms with Gasteiger partial charge in [-0.15, -0.1) is 0 Å². The molecule has 0 spiro atoms. The molecule has 0 saturated heterocycles. The highest BCUT2D eigenvalue weighted by Gasteiger charge is 2.25. The van der Waals surface area contributed by atoms with E-state index in [1.165, 1.54) is 0 Å². The molecule has 24 heavy (non-hydrogen) atoms. The first kappa shape index (κ1) is 17.9. The summed E-state index contributed by atoms with van der Waals surface area (Å²) in [6.07, 6.45) is 3.47. The summed E-state index contributed by atoms with van der Waals surface area (Å²) < 4.78 is 5.02. The van der Waals surface area contributed by atoms with E-state index in [-0.39, 0.29) is 11.8 Å². The third-order valence-electron chi connectivity index (χ3n) is 3.89. The Balaban J connectivity index is 2.12. The molecule has 2 heterocycles. The summed E-state index contributed by atoms with van der Waals surface area (Å²) in [5.41, 5.74) is 3.20. The average molecular weight is 329 g/mol. The Bertz CT molecular complexity index is 723. The number of hydrogen-bond donors (Lipinski definition) is 2. The van der Waals surface area contributed by atoms with Crippen molar-refractivity contribution >= 4 is 11.8 Å². The summed E-state index contributed by atoms with van der Waals surface area (Å²) in [5, 5.41) is 3.20. The summed E-state index contributed by atoms with van der Waals surface area (Å²) >= 11 is 0. The number of esters is 1. The average Bonchev–Trinajstić information content (AvgIpc) is 2.88. The molecule has 0 aromatic carbocycles. The smallest absolute Gasteiger partial charge is 0.355 e. The molecule has 2 aromatic heterocycles. The molecule has 6 nitrogen and oxygen atoms in total. The highest BCUT2D eigenvalue weighted by atomic mass is 16.5. The van der Waals surface area contributed by atoms with Gasteiger partial charge in [0.1, 0.15) is 5.69 Å². The Morgan fingerprint density at radius 2 is 2.12 bits per heavy atom. The summed E-state index contributed by atoms with van der Waals surface area (Å²) in [6, 6.07) is 3.42. The Kier molecular flexibility index (Phi) is 5.87. The molecular formula is C18H23N3O3. The van der Waals surface area contributed by atoms with Crippen molar-refractivity contribution in [1.29, 1.82) is 0 Å². The van der Waals surface area contributed by atoms with Gasteiger partial charge in [0.2, 0.25) is 0 Å². The van der Waals surface area contributed by atoms with Crippen molar-refractivity contribution < 1.29 is 14.3 Å². The molecule has 1 unspecified atom stereocenters. The molecule has 6 heteroatoms. The monoisotopic (exact) mass is 329 g/mol. The second-order valence-corrected chi connectivity index (χ2v) is 5.67. The van der Waals surface area contributed by atoms with Crippen LogP contribution in [-0.2, 0) is 11.3 Å². The fourth-order valence-corrected chi connectivity index (χ4v) is 2.61. The van der Waals surface area contributed by atoms with Crippen LogP contribution in [0.3, 0.4) is 0 Å². The van der Waals surface area contributed by atoms with Gasteiger partial charge in [-0.25, -0.2) is 4.79 Å². The number of nitrogens with zero attached hydrogens (tertiary/aromatic N) is 1. The molecule has 0 aliphatic carbocycles. The molecular weight excluding hydrogens is 306 g/mol. The zero-order chi connectivity index (χ0) is 17.7. The van der Waals surface area contributed by atoms with E-state index in [0.29, 0.717) is 35.7 Å². The normalized spacial score (nSPS) is 12.0. The highest BCUT2D eigenvalue weighted by molar-refractivity contribution is 6.05.